The normalized spacial score (nSPS) is 17.7. The van der Waals surface area contributed by atoms with Gasteiger partial charge in [-0.25, -0.2) is 0 Å². The van der Waals surface area contributed by atoms with Crippen molar-refractivity contribution < 1.29 is 4.79 Å². The van der Waals surface area contributed by atoms with Gasteiger partial charge in [-0.3, -0.25) is 9.69 Å². The molecule has 1 aliphatic rings. The summed E-state index contributed by atoms with van der Waals surface area (Å²) in [6.07, 6.45) is 3.92. The van der Waals surface area contributed by atoms with E-state index in [9.17, 15) is 4.79 Å². The van der Waals surface area contributed by atoms with Crippen molar-refractivity contribution in [1.82, 2.24) is 15.5 Å². The van der Waals surface area contributed by atoms with E-state index in [0.717, 1.165) is 32.5 Å². The number of nitrogens with zero attached hydrogens (tertiary/aromatic N) is 1. The monoisotopic (exact) mass is 375 g/mol. The number of carbonyl (C=O) groups is 1. The van der Waals surface area contributed by atoms with Crippen LogP contribution >= 0.6 is 24.8 Å². The molecule has 0 bridgehead atoms. The fourth-order valence-corrected chi connectivity index (χ4v) is 2.90. The molecule has 2 atom stereocenters. The van der Waals surface area contributed by atoms with E-state index in [1.165, 1.54) is 12.0 Å². The lowest BCUT2D eigenvalue weighted by atomic mass is 10.1. The first-order valence-corrected chi connectivity index (χ1v) is 8.39. The van der Waals surface area contributed by atoms with Crippen molar-refractivity contribution in [3.63, 3.8) is 0 Å². The summed E-state index contributed by atoms with van der Waals surface area (Å²) in [7, 11) is 2.14. The number of hydrogen-bond acceptors (Lipinski definition) is 3. The molecule has 2 unspecified atom stereocenters. The van der Waals surface area contributed by atoms with Crippen LogP contribution in [0.15, 0.2) is 30.3 Å². The number of nitrogens with one attached hydrogen (secondary N) is 2. The zero-order chi connectivity index (χ0) is 15.8. The molecular weight excluding hydrogens is 345 g/mol. The second-order valence-corrected chi connectivity index (χ2v) is 6.39. The first-order chi connectivity index (χ1) is 10.6. The van der Waals surface area contributed by atoms with Gasteiger partial charge >= 0.3 is 0 Å². The van der Waals surface area contributed by atoms with E-state index in [1.807, 2.05) is 6.07 Å². The van der Waals surface area contributed by atoms with E-state index in [1.54, 1.807) is 0 Å². The van der Waals surface area contributed by atoms with Crippen molar-refractivity contribution in [2.45, 2.75) is 51.2 Å². The van der Waals surface area contributed by atoms with Crippen LogP contribution in [-0.2, 0) is 11.3 Å². The van der Waals surface area contributed by atoms with E-state index >= 15 is 0 Å². The van der Waals surface area contributed by atoms with Gasteiger partial charge in [0.2, 0.25) is 5.91 Å². The van der Waals surface area contributed by atoms with Crippen LogP contribution < -0.4 is 10.6 Å². The number of amides is 1. The lowest BCUT2D eigenvalue weighted by molar-refractivity contribution is -0.121. The number of halogens is 2. The molecule has 0 aliphatic carbocycles. The second-order valence-electron chi connectivity index (χ2n) is 6.39. The summed E-state index contributed by atoms with van der Waals surface area (Å²) in [4.78, 5) is 14.2. The molecule has 1 heterocycles. The van der Waals surface area contributed by atoms with E-state index in [0.29, 0.717) is 18.5 Å². The van der Waals surface area contributed by atoms with Crippen LogP contribution in [-0.4, -0.2) is 43.0 Å². The minimum atomic E-state index is 0. The van der Waals surface area contributed by atoms with Gasteiger partial charge < -0.3 is 10.6 Å². The predicted molar refractivity (Wildman–Crippen MR) is 105 cm³/mol. The minimum absolute atomic E-state index is 0. The molecule has 24 heavy (non-hydrogen) atoms. The molecule has 1 saturated heterocycles. The van der Waals surface area contributed by atoms with Gasteiger partial charge in [0.25, 0.3) is 0 Å². The van der Waals surface area contributed by atoms with Gasteiger partial charge in [-0.05, 0) is 45.3 Å². The SMILES string of the molecule is CC(CCNC(=O)CC1CCCN1)N(C)Cc1ccccc1.Cl.Cl. The van der Waals surface area contributed by atoms with Crippen molar-refractivity contribution >= 4 is 30.7 Å². The standard InChI is InChI=1S/C18H29N3O.2ClH/c1-15(21(2)14-16-7-4-3-5-8-16)10-12-20-18(22)13-17-9-6-11-19-17;;/h3-5,7-8,15,17,19H,6,9-14H2,1-2H3,(H,20,22);2*1H. The maximum atomic E-state index is 11.9. The molecule has 0 radical (unpaired) electrons. The summed E-state index contributed by atoms with van der Waals surface area (Å²) in [5.74, 6) is 0.178. The summed E-state index contributed by atoms with van der Waals surface area (Å²) in [6, 6.07) is 11.3. The van der Waals surface area contributed by atoms with Crippen molar-refractivity contribution in [1.29, 1.82) is 0 Å². The van der Waals surface area contributed by atoms with Crippen molar-refractivity contribution in [3.05, 3.63) is 35.9 Å². The Bertz CT molecular complexity index is 453. The lowest BCUT2D eigenvalue weighted by Gasteiger charge is -2.25. The van der Waals surface area contributed by atoms with E-state index < -0.39 is 0 Å². The van der Waals surface area contributed by atoms with Gasteiger partial charge in [-0.2, -0.15) is 0 Å². The number of rotatable bonds is 8. The Kier molecular flexibility index (Phi) is 12.1. The van der Waals surface area contributed by atoms with E-state index in [2.05, 4.69) is 53.8 Å². The van der Waals surface area contributed by atoms with Gasteiger partial charge in [0, 0.05) is 31.6 Å². The molecule has 2 N–H and O–H groups in total. The van der Waals surface area contributed by atoms with Crippen LogP contribution in [0.4, 0.5) is 0 Å². The minimum Gasteiger partial charge on any atom is -0.356 e. The lowest BCUT2D eigenvalue weighted by Crippen LogP contribution is -2.35. The Morgan fingerprint density at radius 1 is 1.33 bits per heavy atom. The third-order valence-electron chi connectivity index (χ3n) is 4.51. The zero-order valence-corrected chi connectivity index (χ0v) is 16.3. The topological polar surface area (TPSA) is 44.4 Å². The molecule has 2 rings (SSSR count). The van der Waals surface area contributed by atoms with Gasteiger partial charge in [-0.15, -0.1) is 24.8 Å². The Hall–Kier alpha value is -0.810. The van der Waals surface area contributed by atoms with Crippen LogP contribution in [0.1, 0.15) is 38.2 Å². The van der Waals surface area contributed by atoms with E-state index in [-0.39, 0.29) is 30.7 Å². The summed E-state index contributed by atoms with van der Waals surface area (Å²) in [6.45, 7) is 4.97. The fourth-order valence-electron chi connectivity index (χ4n) is 2.90. The Labute approximate surface area is 158 Å². The first-order valence-electron chi connectivity index (χ1n) is 8.39. The maximum absolute atomic E-state index is 11.9. The highest BCUT2D eigenvalue weighted by Gasteiger charge is 2.17. The third-order valence-corrected chi connectivity index (χ3v) is 4.51. The summed E-state index contributed by atoms with van der Waals surface area (Å²) >= 11 is 0. The van der Waals surface area contributed by atoms with Crippen molar-refractivity contribution in [2.75, 3.05) is 20.1 Å². The Morgan fingerprint density at radius 2 is 2.04 bits per heavy atom. The molecule has 1 fully saturated rings. The maximum Gasteiger partial charge on any atom is 0.221 e. The van der Waals surface area contributed by atoms with Crippen LogP contribution in [0.5, 0.6) is 0 Å². The summed E-state index contributed by atoms with van der Waals surface area (Å²) in [5.41, 5.74) is 1.33. The summed E-state index contributed by atoms with van der Waals surface area (Å²) in [5, 5.41) is 6.42. The van der Waals surface area contributed by atoms with Crippen molar-refractivity contribution in [2.24, 2.45) is 0 Å². The highest BCUT2D eigenvalue weighted by Crippen LogP contribution is 2.09. The second kappa shape index (κ2) is 12.5. The molecule has 0 saturated carbocycles. The van der Waals surface area contributed by atoms with Crippen molar-refractivity contribution in [3.8, 4) is 0 Å². The predicted octanol–water partition coefficient (Wildman–Crippen LogP) is 3.00. The smallest absolute Gasteiger partial charge is 0.221 e. The van der Waals surface area contributed by atoms with Gasteiger partial charge in [0.1, 0.15) is 0 Å². The molecule has 1 aromatic rings. The molecule has 6 heteroatoms. The number of hydrogen-bond donors (Lipinski definition) is 2. The number of carbonyl (C=O) groups excluding carboxylic acids is 1. The highest BCUT2D eigenvalue weighted by atomic mass is 35.5. The third kappa shape index (κ3) is 8.34. The molecule has 4 nitrogen and oxygen atoms in total. The molecule has 1 amide bonds. The number of benzene rings is 1. The molecular formula is C18H31Cl2N3O. The molecule has 0 aromatic heterocycles. The largest absolute Gasteiger partial charge is 0.356 e. The average molecular weight is 376 g/mol. The van der Waals surface area contributed by atoms with Crippen LogP contribution in [0, 0.1) is 0 Å². The van der Waals surface area contributed by atoms with Gasteiger partial charge in [-0.1, -0.05) is 30.3 Å². The molecule has 138 valence electrons. The molecule has 1 aromatic carbocycles. The molecule has 0 spiro atoms. The summed E-state index contributed by atoms with van der Waals surface area (Å²) < 4.78 is 0. The van der Waals surface area contributed by atoms with Gasteiger partial charge in [0.05, 0.1) is 0 Å². The first kappa shape index (κ1) is 23.2. The molecule has 1 aliphatic heterocycles. The van der Waals surface area contributed by atoms with Crippen LogP contribution in [0.3, 0.4) is 0 Å². The highest BCUT2D eigenvalue weighted by molar-refractivity contribution is 5.85. The van der Waals surface area contributed by atoms with E-state index in [4.69, 9.17) is 0 Å². The van der Waals surface area contributed by atoms with Crippen LogP contribution in [0.25, 0.3) is 0 Å². The Balaban J connectivity index is 0.00000264. The Morgan fingerprint density at radius 3 is 2.67 bits per heavy atom. The van der Waals surface area contributed by atoms with Gasteiger partial charge in [0.15, 0.2) is 0 Å². The average Bonchev–Trinajstić information content (AvgIpc) is 3.01. The fraction of sp³-hybridized carbons (Fsp3) is 0.611. The van der Waals surface area contributed by atoms with Crippen LogP contribution in [0.2, 0.25) is 0 Å². The zero-order valence-electron chi connectivity index (χ0n) is 14.7. The quantitative estimate of drug-likeness (QED) is 0.733.